The summed E-state index contributed by atoms with van der Waals surface area (Å²) < 4.78 is 2.04. The van der Waals surface area contributed by atoms with Crippen LogP contribution in [0.1, 0.15) is 44.1 Å². The second-order valence-corrected chi connectivity index (χ2v) is 3.99. The first-order valence-electron chi connectivity index (χ1n) is 4.85. The topological polar surface area (TPSA) is 42.7 Å². The lowest BCUT2D eigenvalue weighted by Crippen LogP contribution is -2.28. The minimum atomic E-state index is 0.414. The molecule has 0 spiro atoms. The van der Waals surface area contributed by atoms with Crippen molar-refractivity contribution in [1.29, 1.82) is 0 Å². The smallest absolute Gasteiger partial charge is 0.1000 e. The molecule has 0 saturated carbocycles. The molecule has 0 aliphatic carbocycles. The van der Waals surface area contributed by atoms with Gasteiger partial charge in [-0.25, -0.2) is 4.68 Å². The fraction of sp³-hybridized carbons (Fsp3) is 0.778. The molecular formula is C9H16N4. The van der Waals surface area contributed by atoms with Crippen molar-refractivity contribution in [3.63, 3.8) is 0 Å². The van der Waals surface area contributed by atoms with E-state index in [0.717, 1.165) is 18.8 Å². The van der Waals surface area contributed by atoms with E-state index in [1.54, 1.807) is 0 Å². The number of hydrogen-bond acceptors (Lipinski definition) is 3. The Labute approximate surface area is 78.3 Å². The summed E-state index contributed by atoms with van der Waals surface area (Å²) in [6.07, 6.45) is 0. The molecule has 0 fully saturated rings. The molecule has 1 aromatic heterocycles. The molecule has 1 unspecified atom stereocenters. The first-order valence-corrected chi connectivity index (χ1v) is 4.85. The van der Waals surface area contributed by atoms with Crippen LogP contribution in [0.3, 0.4) is 0 Å². The fourth-order valence-electron chi connectivity index (χ4n) is 1.86. The van der Waals surface area contributed by atoms with Crippen LogP contribution in [0.15, 0.2) is 0 Å². The van der Waals surface area contributed by atoms with Gasteiger partial charge in [-0.2, -0.15) is 0 Å². The SMILES string of the molecule is CC1CNCc2nnn(C(C)C)c21. The van der Waals surface area contributed by atoms with Crippen LogP contribution in [-0.4, -0.2) is 21.5 Å². The number of aromatic nitrogens is 3. The third kappa shape index (κ3) is 1.35. The van der Waals surface area contributed by atoms with Crippen molar-refractivity contribution in [3.05, 3.63) is 11.4 Å². The van der Waals surface area contributed by atoms with Gasteiger partial charge in [-0.1, -0.05) is 12.1 Å². The van der Waals surface area contributed by atoms with Crippen molar-refractivity contribution in [2.75, 3.05) is 6.54 Å². The van der Waals surface area contributed by atoms with Crippen molar-refractivity contribution in [3.8, 4) is 0 Å². The molecule has 13 heavy (non-hydrogen) atoms. The van der Waals surface area contributed by atoms with Crippen molar-refractivity contribution in [2.24, 2.45) is 0 Å². The van der Waals surface area contributed by atoms with Gasteiger partial charge in [0, 0.05) is 25.0 Å². The average Bonchev–Trinajstić information content (AvgIpc) is 2.49. The summed E-state index contributed by atoms with van der Waals surface area (Å²) in [4.78, 5) is 0. The maximum atomic E-state index is 4.18. The second kappa shape index (κ2) is 3.10. The normalized spacial score (nSPS) is 22.0. The van der Waals surface area contributed by atoms with Gasteiger partial charge >= 0.3 is 0 Å². The maximum absolute atomic E-state index is 4.18. The standard InChI is InChI=1S/C9H16N4/c1-6(2)13-9-7(3)4-10-5-8(9)11-12-13/h6-7,10H,4-5H2,1-3H3. The van der Waals surface area contributed by atoms with Crippen LogP contribution in [0, 0.1) is 0 Å². The van der Waals surface area contributed by atoms with Crippen LogP contribution >= 0.6 is 0 Å². The van der Waals surface area contributed by atoms with Gasteiger partial charge in [-0.3, -0.25) is 0 Å². The van der Waals surface area contributed by atoms with Crippen molar-refractivity contribution in [2.45, 2.75) is 39.3 Å². The zero-order valence-corrected chi connectivity index (χ0v) is 8.41. The molecule has 2 rings (SSSR count). The molecule has 1 aromatic rings. The van der Waals surface area contributed by atoms with Crippen LogP contribution in [-0.2, 0) is 6.54 Å². The highest BCUT2D eigenvalue weighted by molar-refractivity contribution is 5.18. The van der Waals surface area contributed by atoms with Crippen molar-refractivity contribution in [1.82, 2.24) is 20.3 Å². The Kier molecular flexibility index (Phi) is 2.07. The number of nitrogens with zero attached hydrogens (tertiary/aromatic N) is 3. The van der Waals surface area contributed by atoms with E-state index in [0.29, 0.717) is 12.0 Å². The molecule has 1 N–H and O–H groups in total. The second-order valence-electron chi connectivity index (χ2n) is 3.99. The number of hydrogen-bond donors (Lipinski definition) is 1. The molecule has 1 aliphatic heterocycles. The Balaban J connectivity index is 2.44. The molecule has 4 nitrogen and oxygen atoms in total. The lowest BCUT2D eigenvalue weighted by Gasteiger charge is -2.21. The summed E-state index contributed by atoms with van der Waals surface area (Å²) in [5.41, 5.74) is 2.43. The molecule has 0 aromatic carbocycles. The van der Waals surface area contributed by atoms with Crippen LogP contribution in [0.25, 0.3) is 0 Å². The molecule has 1 atom stereocenters. The summed E-state index contributed by atoms with van der Waals surface area (Å²) in [7, 11) is 0. The fourth-order valence-corrected chi connectivity index (χ4v) is 1.86. The Morgan fingerprint density at radius 2 is 2.31 bits per heavy atom. The van der Waals surface area contributed by atoms with Gasteiger partial charge in [0.2, 0.25) is 0 Å². The van der Waals surface area contributed by atoms with Crippen LogP contribution < -0.4 is 5.32 Å². The van der Waals surface area contributed by atoms with Gasteiger partial charge in [0.25, 0.3) is 0 Å². The van der Waals surface area contributed by atoms with E-state index in [2.05, 4.69) is 36.4 Å². The zero-order chi connectivity index (χ0) is 9.42. The van der Waals surface area contributed by atoms with E-state index >= 15 is 0 Å². The summed E-state index contributed by atoms with van der Waals surface area (Å²) in [6.45, 7) is 8.40. The molecule has 0 radical (unpaired) electrons. The predicted octanol–water partition coefficient (Wildman–Crippen LogP) is 1.07. The highest BCUT2D eigenvalue weighted by atomic mass is 15.4. The monoisotopic (exact) mass is 180 g/mol. The Bertz CT molecular complexity index is 303. The van der Waals surface area contributed by atoms with Crippen LogP contribution in [0.4, 0.5) is 0 Å². The lowest BCUT2D eigenvalue weighted by molar-refractivity contribution is 0.461. The van der Waals surface area contributed by atoms with Crippen LogP contribution in [0.5, 0.6) is 0 Å². The van der Waals surface area contributed by atoms with Crippen molar-refractivity contribution >= 4 is 0 Å². The first kappa shape index (κ1) is 8.69. The Morgan fingerprint density at radius 1 is 1.54 bits per heavy atom. The van der Waals surface area contributed by atoms with E-state index < -0.39 is 0 Å². The highest BCUT2D eigenvalue weighted by Crippen LogP contribution is 2.23. The van der Waals surface area contributed by atoms with Gasteiger partial charge in [0.15, 0.2) is 0 Å². The van der Waals surface area contributed by atoms with Gasteiger partial charge in [-0.05, 0) is 13.8 Å². The Morgan fingerprint density at radius 3 is 3.00 bits per heavy atom. The molecular weight excluding hydrogens is 164 g/mol. The van der Waals surface area contributed by atoms with Gasteiger partial charge < -0.3 is 5.32 Å². The molecule has 0 amide bonds. The molecule has 0 saturated heterocycles. The molecule has 0 bridgehead atoms. The zero-order valence-electron chi connectivity index (χ0n) is 8.41. The highest BCUT2D eigenvalue weighted by Gasteiger charge is 2.23. The molecule has 72 valence electrons. The molecule has 1 aliphatic rings. The Hall–Kier alpha value is -0.900. The summed E-state index contributed by atoms with van der Waals surface area (Å²) in [5.74, 6) is 0.529. The van der Waals surface area contributed by atoms with Crippen molar-refractivity contribution < 1.29 is 0 Å². The quantitative estimate of drug-likeness (QED) is 0.703. The molecule has 4 heteroatoms. The van der Waals surface area contributed by atoms with E-state index in [1.165, 1.54) is 5.69 Å². The van der Waals surface area contributed by atoms with Gasteiger partial charge in [0.1, 0.15) is 0 Å². The van der Waals surface area contributed by atoms with E-state index in [-0.39, 0.29) is 0 Å². The molecule has 2 heterocycles. The summed E-state index contributed by atoms with van der Waals surface area (Å²) in [6, 6.07) is 0.414. The van der Waals surface area contributed by atoms with Gasteiger partial charge in [0.05, 0.1) is 11.4 Å². The number of nitrogens with one attached hydrogen (secondary N) is 1. The van der Waals surface area contributed by atoms with Crippen LogP contribution in [0.2, 0.25) is 0 Å². The summed E-state index contributed by atoms with van der Waals surface area (Å²) >= 11 is 0. The average molecular weight is 180 g/mol. The summed E-state index contributed by atoms with van der Waals surface area (Å²) in [5, 5.41) is 11.7. The maximum Gasteiger partial charge on any atom is 0.1000 e. The lowest BCUT2D eigenvalue weighted by atomic mass is 10.0. The minimum Gasteiger partial charge on any atom is -0.310 e. The largest absolute Gasteiger partial charge is 0.310 e. The third-order valence-corrected chi connectivity index (χ3v) is 2.50. The third-order valence-electron chi connectivity index (χ3n) is 2.50. The number of rotatable bonds is 1. The van der Waals surface area contributed by atoms with E-state index in [9.17, 15) is 0 Å². The number of fused-ring (bicyclic) bond motifs is 1. The first-order chi connectivity index (χ1) is 6.20. The van der Waals surface area contributed by atoms with Gasteiger partial charge in [-0.15, -0.1) is 5.10 Å². The predicted molar refractivity (Wildman–Crippen MR) is 50.5 cm³/mol. The minimum absolute atomic E-state index is 0.414. The van der Waals surface area contributed by atoms with E-state index in [4.69, 9.17) is 0 Å². The van der Waals surface area contributed by atoms with E-state index in [1.807, 2.05) is 4.68 Å².